The normalized spacial score (nSPS) is 19.0. The summed E-state index contributed by atoms with van der Waals surface area (Å²) in [5, 5.41) is 57.5. The standard InChI is InChI=1S/2C28H30F3N3O3.C25H25F6NO5S.C11H19BN2O3/c2*1-17-10-20-13-19(21-14-32-33(15-21)8-9-35)5-6-22(20)27(34(17)16-28(2,3)31)26-23(29)11-18(12-24(26)30)4-7-25(36)37;1-14-9-16-12-17(37-38(34,35)25(29,30)31)6-7-18(16)23(32(14)13-24(2,3)28)22-19(26)10-15(11-20(22)27)5-8-21(33)36-4;1-10(2)11(3,4)17-12(16-10)9-7-13-14(8-9)5-6-15/h2*4-7,11-15,17,27,35H,8-10,16H2,1-3H3,(H,36,37);5-8,10-12,14,23H,9,13H2,1-4H3;7-8,15H,5-6H2,1-4H3/b2*7-4+;8-5+;. The lowest BCUT2D eigenvalue weighted by Gasteiger charge is -2.44. The van der Waals surface area contributed by atoms with Gasteiger partial charge >= 0.3 is 40.7 Å². The number of aliphatic hydroxyl groups is 3. The van der Waals surface area contributed by atoms with Crippen molar-refractivity contribution < 1.29 is 119 Å². The number of benzene rings is 6. The first-order valence-corrected chi connectivity index (χ1v) is 42.7. The zero-order valence-corrected chi connectivity index (χ0v) is 74.3. The first-order chi connectivity index (χ1) is 60.2. The topological polar surface area (TPSA) is 287 Å². The number of aliphatic hydroxyl groups excluding tert-OH is 3. The number of rotatable bonds is 26. The number of aromatic nitrogens is 6. The smallest absolute Gasteiger partial charge is 0.478 e. The molecular weight excluding hydrogens is 1730 g/mol. The average Bonchev–Trinajstić information content (AvgIpc) is 1.70. The molecule has 0 radical (unpaired) electrons. The molecule has 1 fully saturated rings. The lowest BCUT2D eigenvalue weighted by Crippen LogP contribution is -2.48. The molecule has 0 spiro atoms. The molecule has 1 saturated heterocycles. The third-order valence-corrected chi connectivity index (χ3v) is 23.3. The predicted octanol–water partition coefficient (Wildman–Crippen LogP) is 15.6. The van der Waals surface area contributed by atoms with Gasteiger partial charge in [0.25, 0.3) is 0 Å². The van der Waals surface area contributed by atoms with Crippen LogP contribution in [0, 0.1) is 34.9 Å². The zero-order chi connectivity index (χ0) is 95.1. The van der Waals surface area contributed by atoms with Crippen LogP contribution in [0.1, 0.15) is 175 Å². The Morgan fingerprint density at radius 1 is 0.481 bits per heavy atom. The van der Waals surface area contributed by atoms with E-state index in [4.69, 9.17) is 34.8 Å². The van der Waals surface area contributed by atoms with Crippen molar-refractivity contribution in [2.45, 2.75) is 199 Å². The van der Waals surface area contributed by atoms with Crippen molar-refractivity contribution in [2.24, 2.45) is 0 Å². The van der Waals surface area contributed by atoms with Gasteiger partial charge in [-0.15, -0.1) is 0 Å². The van der Waals surface area contributed by atoms with E-state index in [0.29, 0.717) is 43.6 Å². The second-order valence-electron chi connectivity index (χ2n) is 34.9. The number of methoxy groups -OCH3 is 1. The number of fused-ring (bicyclic) bond motifs is 3. The molecular formula is C92H104BF12N9O14S. The Labute approximate surface area is 740 Å². The molecule has 6 atom stereocenters. The molecule has 9 aromatic rings. The third-order valence-electron chi connectivity index (χ3n) is 22.4. The first-order valence-electron chi connectivity index (χ1n) is 41.3. The number of alkyl halides is 6. The second-order valence-corrected chi connectivity index (χ2v) is 36.4. The Bertz CT molecular complexity index is 5450. The molecule has 13 rings (SSSR count). The maximum absolute atomic E-state index is 15.5. The van der Waals surface area contributed by atoms with Crippen LogP contribution in [-0.4, -0.2) is 201 Å². The number of ether oxygens (including phenoxy) is 1. The number of nitrogens with zero attached hydrogens (tertiary/aromatic N) is 9. The number of aliphatic carboxylic acids is 2. The van der Waals surface area contributed by atoms with E-state index in [1.54, 1.807) is 49.4 Å². The van der Waals surface area contributed by atoms with Gasteiger partial charge in [-0.05, 0) is 237 Å². The quantitative estimate of drug-likeness (QED) is 0.00841. The van der Waals surface area contributed by atoms with Crippen LogP contribution in [0.5, 0.6) is 5.75 Å². The summed E-state index contributed by atoms with van der Waals surface area (Å²) in [6.45, 7) is 22.8. The number of carboxylic acids is 2. The van der Waals surface area contributed by atoms with Crippen LogP contribution >= 0.6 is 0 Å². The molecule has 0 bridgehead atoms. The fraction of sp³-hybridized carbons (Fsp3) is 0.413. The summed E-state index contributed by atoms with van der Waals surface area (Å²) in [6, 6.07) is 16.8. The van der Waals surface area contributed by atoms with E-state index in [-0.39, 0.29) is 115 Å². The highest BCUT2D eigenvalue weighted by molar-refractivity contribution is 7.88. The lowest BCUT2D eigenvalue weighted by molar-refractivity contribution is -0.135. The minimum absolute atomic E-state index is 0.0108. The van der Waals surface area contributed by atoms with Crippen molar-refractivity contribution in [3.63, 3.8) is 0 Å². The minimum Gasteiger partial charge on any atom is -0.478 e. The number of carboxylic acid groups (broad SMARTS) is 2. The maximum atomic E-state index is 15.5. The molecule has 3 aromatic heterocycles. The molecule has 129 heavy (non-hydrogen) atoms. The summed E-state index contributed by atoms with van der Waals surface area (Å²) < 4.78 is 224. The third kappa shape index (κ3) is 25.1. The number of halogens is 12. The number of carbonyl (C=O) groups excluding carboxylic acids is 1. The highest BCUT2D eigenvalue weighted by Crippen LogP contribution is 2.48. The maximum Gasteiger partial charge on any atom is 0.534 e. The summed E-state index contributed by atoms with van der Waals surface area (Å²) >= 11 is 0. The van der Waals surface area contributed by atoms with Crippen LogP contribution in [0.15, 0.2) is 146 Å². The van der Waals surface area contributed by atoms with E-state index in [9.17, 15) is 49.1 Å². The molecule has 7 heterocycles. The summed E-state index contributed by atoms with van der Waals surface area (Å²) in [7, 11) is -5.19. The van der Waals surface area contributed by atoms with Crippen LogP contribution in [0.25, 0.3) is 40.5 Å². The van der Waals surface area contributed by atoms with E-state index in [1.807, 2.05) is 96.5 Å². The van der Waals surface area contributed by atoms with Crippen LogP contribution in [0.4, 0.5) is 52.7 Å². The van der Waals surface area contributed by atoms with Crippen molar-refractivity contribution in [1.29, 1.82) is 0 Å². The van der Waals surface area contributed by atoms with E-state index < -0.39 is 121 Å². The van der Waals surface area contributed by atoms with Crippen molar-refractivity contribution in [3.8, 4) is 28.0 Å². The van der Waals surface area contributed by atoms with E-state index in [0.717, 1.165) is 131 Å². The molecule has 6 unspecified atom stereocenters. The molecule has 694 valence electrons. The van der Waals surface area contributed by atoms with Gasteiger partial charge in [0, 0.05) is 114 Å². The summed E-state index contributed by atoms with van der Waals surface area (Å²) in [5.74, 6) is -9.16. The summed E-state index contributed by atoms with van der Waals surface area (Å²) in [5.41, 5.74) is -4.01. The van der Waals surface area contributed by atoms with Gasteiger partial charge in [0.2, 0.25) is 0 Å². The predicted molar refractivity (Wildman–Crippen MR) is 461 cm³/mol. The van der Waals surface area contributed by atoms with Crippen molar-refractivity contribution in [3.05, 3.63) is 248 Å². The number of carbonyl (C=O) groups is 3. The van der Waals surface area contributed by atoms with E-state index in [1.165, 1.54) is 52.5 Å². The van der Waals surface area contributed by atoms with Crippen LogP contribution in [-0.2, 0) is 77.4 Å². The molecule has 0 saturated carbocycles. The highest BCUT2D eigenvalue weighted by Gasteiger charge is 2.53. The average molecular weight is 1830 g/mol. The molecule has 0 amide bonds. The van der Waals surface area contributed by atoms with Gasteiger partial charge in [-0.1, -0.05) is 42.5 Å². The van der Waals surface area contributed by atoms with Crippen LogP contribution in [0.3, 0.4) is 0 Å². The Hall–Kier alpha value is -10.8. The van der Waals surface area contributed by atoms with Gasteiger partial charge in [0.05, 0.1) is 88.3 Å². The molecule has 6 aromatic carbocycles. The molecule has 23 nitrogen and oxygen atoms in total. The largest absolute Gasteiger partial charge is 0.534 e. The van der Waals surface area contributed by atoms with Crippen molar-refractivity contribution >= 4 is 58.8 Å². The van der Waals surface area contributed by atoms with Crippen LogP contribution < -0.4 is 9.65 Å². The van der Waals surface area contributed by atoms with Crippen molar-refractivity contribution in [2.75, 3.05) is 46.6 Å². The molecule has 37 heteroatoms. The molecule has 5 N–H and O–H groups in total. The zero-order valence-electron chi connectivity index (χ0n) is 73.5. The fourth-order valence-electron chi connectivity index (χ4n) is 16.0. The van der Waals surface area contributed by atoms with Gasteiger partial charge in [-0.3, -0.25) is 28.7 Å². The van der Waals surface area contributed by atoms with Gasteiger partial charge in [-0.2, -0.15) is 36.9 Å². The molecule has 4 aliphatic rings. The van der Waals surface area contributed by atoms with E-state index >= 15 is 26.3 Å². The van der Waals surface area contributed by atoms with E-state index in [2.05, 4.69) is 24.2 Å². The van der Waals surface area contributed by atoms with Gasteiger partial charge in [-0.25, -0.2) is 53.9 Å². The Morgan fingerprint density at radius 3 is 1.12 bits per heavy atom. The minimum atomic E-state index is -5.94. The van der Waals surface area contributed by atoms with Gasteiger partial charge < -0.3 is 43.8 Å². The number of hydrogen-bond donors (Lipinski definition) is 5. The molecule has 4 aliphatic heterocycles. The fourth-order valence-corrected chi connectivity index (χ4v) is 16.4. The van der Waals surface area contributed by atoms with Gasteiger partial charge in [0.1, 0.15) is 57.7 Å². The van der Waals surface area contributed by atoms with Gasteiger partial charge in [0.15, 0.2) is 0 Å². The number of hydrogen-bond acceptors (Lipinski definition) is 18. The Morgan fingerprint density at radius 2 is 0.798 bits per heavy atom. The Balaban J connectivity index is 0.000000184. The monoisotopic (exact) mass is 1830 g/mol. The highest BCUT2D eigenvalue weighted by atomic mass is 32.2. The SMILES string of the molecule is CC1(C)OB(c2cnn(CCO)c2)OC1(C)C.CC1Cc2cc(-c3cnn(CCO)c3)ccc2C(c2c(F)cc(/C=C/C(=O)O)cc2F)N1CC(C)(C)F.CC1Cc2cc(-c3cnn(CCO)c3)ccc2C(c2c(F)cc(/C=C/C(=O)O)cc2F)N1CC(C)(C)F.COC(=O)/C=C/c1cc(F)c(C2c3ccc(OS(=O)(=O)C(F)(F)F)cc3CC(C)N2CC(C)(C)F)c(F)c1. The van der Waals surface area contributed by atoms with Crippen molar-refractivity contribution in [1.82, 2.24) is 44.0 Å². The number of esters is 1. The Kier molecular flexibility index (Phi) is 31.7. The summed E-state index contributed by atoms with van der Waals surface area (Å²) in [4.78, 5) is 38.1. The molecule has 0 aliphatic carbocycles. The summed E-state index contributed by atoms with van der Waals surface area (Å²) in [6.07, 6.45) is 17.8. The first kappa shape index (κ1) is 100. The second kappa shape index (κ2) is 40.7. The lowest BCUT2D eigenvalue weighted by atomic mass is 9.82. The van der Waals surface area contributed by atoms with Crippen LogP contribution in [0.2, 0.25) is 0 Å².